The molecule has 0 aromatic heterocycles. The zero-order valence-electron chi connectivity index (χ0n) is 15.3. The molecule has 0 atom stereocenters. The Bertz CT molecular complexity index is 662. The molecule has 1 N–H and O–H groups in total. The van der Waals surface area contributed by atoms with Gasteiger partial charge in [-0.2, -0.15) is 0 Å². The van der Waals surface area contributed by atoms with E-state index in [9.17, 15) is 0 Å². The number of nitrogens with one attached hydrogen (secondary N) is 1. The summed E-state index contributed by atoms with van der Waals surface area (Å²) in [5.41, 5.74) is 2.40. The Morgan fingerprint density at radius 1 is 1.08 bits per heavy atom. The summed E-state index contributed by atoms with van der Waals surface area (Å²) in [6, 6.07) is 14.2. The largest absolute Gasteiger partial charge is 0.493 e. The maximum Gasteiger partial charge on any atom is 0.175 e. The van der Waals surface area contributed by atoms with Crippen molar-refractivity contribution >= 4 is 28.3 Å². The molecular weight excluding hydrogens is 402 g/mol. The van der Waals surface area contributed by atoms with E-state index in [0.717, 1.165) is 40.1 Å². The second kappa shape index (κ2) is 10.0. The molecule has 0 aliphatic rings. The Morgan fingerprint density at radius 2 is 1.76 bits per heavy atom. The van der Waals surface area contributed by atoms with Crippen molar-refractivity contribution in [3.8, 4) is 11.5 Å². The topological polar surface area (TPSA) is 30.5 Å². The van der Waals surface area contributed by atoms with Gasteiger partial charge in [0.05, 0.1) is 11.6 Å². The van der Waals surface area contributed by atoms with Crippen LogP contribution >= 0.6 is 28.3 Å². The number of ether oxygens (including phenoxy) is 2. The number of hydrogen-bond acceptors (Lipinski definition) is 3. The van der Waals surface area contributed by atoms with E-state index < -0.39 is 0 Å². The molecule has 0 amide bonds. The molecule has 5 heteroatoms. The van der Waals surface area contributed by atoms with Crippen LogP contribution in [0.15, 0.2) is 46.9 Å². The van der Waals surface area contributed by atoms with Crippen molar-refractivity contribution in [2.24, 2.45) is 0 Å². The van der Waals surface area contributed by atoms with E-state index in [2.05, 4.69) is 48.1 Å². The van der Waals surface area contributed by atoms with Gasteiger partial charge in [0.15, 0.2) is 11.5 Å². The summed E-state index contributed by atoms with van der Waals surface area (Å²) < 4.78 is 12.4. The van der Waals surface area contributed by atoms with E-state index in [1.165, 1.54) is 0 Å². The highest BCUT2D eigenvalue weighted by Crippen LogP contribution is 2.37. The molecule has 2 aromatic rings. The summed E-state index contributed by atoms with van der Waals surface area (Å²) in [6.45, 7) is 7.89. The van der Waals surface area contributed by atoms with E-state index in [4.69, 9.17) is 9.47 Å². The minimum absolute atomic E-state index is 0. The normalized spacial score (nSPS) is 10.9. The monoisotopic (exact) mass is 427 g/mol. The average molecular weight is 429 g/mol. The van der Waals surface area contributed by atoms with Crippen LogP contribution in [0.3, 0.4) is 0 Å². The maximum atomic E-state index is 5.97. The van der Waals surface area contributed by atoms with Gasteiger partial charge in [-0.25, -0.2) is 0 Å². The highest BCUT2D eigenvalue weighted by molar-refractivity contribution is 9.10. The molecule has 0 saturated heterocycles. The molecule has 138 valence electrons. The highest BCUT2D eigenvalue weighted by Gasteiger charge is 2.16. The summed E-state index contributed by atoms with van der Waals surface area (Å²) in [6.07, 6.45) is 1.07. The fourth-order valence-electron chi connectivity index (χ4n) is 2.21. The van der Waals surface area contributed by atoms with Crippen LogP contribution in [0.4, 0.5) is 0 Å². The first-order valence-electron chi connectivity index (χ1n) is 8.23. The maximum absolute atomic E-state index is 5.97. The van der Waals surface area contributed by atoms with E-state index >= 15 is 0 Å². The molecule has 2 aromatic carbocycles. The fraction of sp³-hybridized carbons (Fsp3) is 0.400. The quantitative estimate of drug-likeness (QED) is 0.582. The van der Waals surface area contributed by atoms with E-state index in [-0.39, 0.29) is 17.9 Å². The average Bonchev–Trinajstić information content (AvgIpc) is 2.59. The molecule has 3 nitrogen and oxygen atoms in total. The van der Waals surface area contributed by atoms with Gasteiger partial charge in [-0.15, -0.1) is 12.4 Å². The molecule has 0 unspecified atom stereocenters. The van der Waals surface area contributed by atoms with Crippen LogP contribution in [-0.2, 0) is 13.2 Å². The number of halogens is 2. The summed E-state index contributed by atoms with van der Waals surface area (Å²) >= 11 is 3.62. The van der Waals surface area contributed by atoms with Crippen molar-refractivity contribution in [3.63, 3.8) is 0 Å². The molecule has 0 bridgehead atoms. The summed E-state index contributed by atoms with van der Waals surface area (Å²) in [5, 5.41) is 3.56. The molecule has 0 fully saturated rings. The lowest BCUT2D eigenvalue weighted by molar-refractivity contribution is 0.282. The van der Waals surface area contributed by atoms with Crippen LogP contribution in [0.2, 0.25) is 0 Å². The fourth-order valence-corrected chi connectivity index (χ4v) is 2.82. The first-order valence-corrected chi connectivity index (χ1v) is 9.02. The SMILES string of the molecule is CCC(C)(C)NCc1cc(Br)c(OCc2ccccc2)c(OC)c1.Cl. The van der Waals surface area contributed by atoms with Crippen molar-refractivity contribution < 1.29 is 9.47 Å². The lowest BCUT2D eigenvalue weighted by Gasteiger charge is -2.25. The first kappa shape index (κ1) is 21.8. The van der Waals surface area contributed by atoms with Gasteiger partial charge in [0, 0.05) is 12.1 Å². The predicted molar refractivity (Wildman–Crippen MR) is 110 cm³/mol. The molecule has 0 spiro atoms. The van der Waals surface area contributed by atoms with Gasteiger partial charge in [0.25, 0.3) is 0 Å². The summed E-state index contributed by atoms with van der Waals surface area (Å²) in [5.74, 6) is 1.48. The summed E-state index contributed by atoms with van der Waals surface area (Å²) in [4.78, 5) is 0. The van der Waals surface area contributed by atoms with Crippen molar-refractivity contribution in [3.05, 3.63) is 58.1 Å². The smallest absolute Gasteiger partial charge is 0.175 e. The van der Waals surface area contributed by atoms with Gasteiger partial charge in [0.1, 0.15) is 6.61 Å². The third kappa shape index (κ3) is 6.53. The van der Waals surface area contributed by atoms with Crippen LogP contribution in [0.25, 0.3) is 0 Å². The van der Waals surface area contributed by atoms with Crippen LogP contribution < -0.4 is 14.8 Å². The zero-order valence-corrected chi connectivity index (χ0v) is 17.7. The van der Waals surface area contributed by atoms with Crippen molar-refractivity contribution in [1.29, 1.82) is 0 Å². The van der Waals surface area contributed by atoms with E-state index in [1.54, 1.807) is 7.11 Å². The number of hydrogen-bond donors (Lipinski definition) is 1. The second-order valence-corrected chi connectivity index (χ2v) is 7.33. The summed E-state index contributed by atoms with van der Waals surface area (Å²) in [7, 11) is 1.67. The number of benzene rings is 2. The zero-order chi connectivity index (χ0) is 17.6. The Morgan fingerprint density at radius 3 is 2.36 bits per heavy atom. The van der Waals surface area contributed by atoms with Crippen LogP contribution in [0.1, 0.15) is 38.3 Å². The molecule has 0 aliphatic heterocycles. The Hall–Kier alpha value is -1.23. The molecular formula is C20H27BrClNO2. The van der Waals surface area contributed by atoms with Crippen molar-refractivity contribution in [1.82, 2.24) is 5.32 Å². The van der Waals surface area contributed by atoms with Crippen LogP contribution in [-0.4, -0.2) is 12.6 Å². The third-order valence-electron chi connectivity index (χ3n) is 4.17. The van der Waals surface area contributed by atoms with Gasteiger partial charge >= 0.3 is 0 Å². The van der Waals surface area contributed by atoms with Gasteiger partial charge in [-0.1, -0.05) is 37.3 Å². The minimum Gasteiger partial charge on any atom is -0.493 e. The van der Waals surface area contributed by atoms with Crippen molar-refractivity contribution in [2.45, 2.75) is 45.9 Å². The minimum atomic E-state index is 0. The second-order valence-electron chi connectivity index (χ2n) is 6.47. The lowest BCUT2D eigenvalue weighted by atomic mass is 10.0. The van der Waals surface area contributed by atoms with Crippen molar-refractivity contribution in [2.75, 3.05) is 7.11 Å². The Balaban J connectivity index is 0.00000312. The van der Waals surface area contributed by atoms with Gasteiger partial charge in [-0.05, 0) is 59.5 Å². The standard InChI is InChI=1S/C20H26BrNO2.ClH/c1-5-20(2,3)22-13-16-11-17(21)19(18(12-16)23-4)24-14-15-9-7-6-8-10-15;/h6-12,22H,5,13-14H2,1-4H3;1H. The van der Waals surface area contributed by atoms with Gasteiger partial charge in [0.2, 0.25) is 0 Å². The van der Waals surface area contributed by atoms with E-state index in [1.807, 2.05) is 36.4 Å². The van der Waals surface area contributed by atoms with Crippen LogP contribution in [0.5, 0.6) is 11.5 Å². The van der Waals surface area contributed by atoms with Gasteiger partial charge in [-0.3, -0.25) is 0 Å². The number of methoxy groups -OCH3 is 1. The molecule has 25 heavy (non-hydrogen) atoms. The number of rotatable bonds is 8. The molecule has 0 radical (unpaired) electrons. The first-order chi connectivity index (χ1) is 11.4. The molecule has 0 heterocycles. The van der Waals surface area contributed by atoms with E-state index in [0.29, 0.717) is 6.61 Å². The Kier molecular flexibility index (Phi) is 8.77. The highest BCUT2D eigenvalue weighted by atomic mass is 79.9. The van der Waals surface area contributed by atoms with Crippen LogP contribution in [0, 0.1) is 0 Å². The molecule has 0 saturated carbocycles. The molecule has 2 rings (SSSR count). The lowest BCUT2D eigenvalue weighted by Crippen LogP contribution is -2.37. The Labute approximate surface area is 165 Å². The molecule has 0 aliphatic carbocycles. The van der Waals surface area contributed by atoms with Gasteiger partial charge < -0.3 is 14.8 Å². The predicted octanol–water partition coefficient (Wildman–Crippen LogP) is 5.74. The third-order valence-corrected chi connectivity index (χ3v) is 4.76.